The monoisotopic (exact) mass is 612 g/mol. The van der Waals surface area contributed by atoms with Gasteiger partial charge in [0.15, 0.2) is 0 Å². The lowest BCUT2D eigenvalue weighted by molar-refractivity contribution is -0.139. The van der Waals surface area contributed by atoms with Crippen LogP contribution in [0, 0.1) is 18.8 Å². The number of nitrogens with zero attached hydrogens (tertiary/aromatic N) is 1. The lowest BCUT2D eigenvalue weighted by Crippen LogP contribution is -2.42. The zero-order valence-electron chi connectivity index (χ0n) is 25.9. The second kappa shape index (κ2) is 15.3. The fourth-order valence-corrected chi connectivity index (χ4v) is 7.51. The lowest BCUT2D eigenvalue weighted by Gasteiger charge is -2.25. The molecule has 2 aromatic carbocycles. The van der Waals surface area contributed by atoms with Gasteiger partial charge in [-0.05, 0) is 72.4 Å². The maximum Gasteiger partial charge on any atom is 0.326 e. The standard InChI is InChI=1S/C34H48N2O6S/c1-24-9-7-8-12-29(24)31-20-27(15-16-30(31)33(37)35-32(34(38)39)17-18-43(3,40)41)22-36-21-26(19-28(36)23-42-2)14-13-25-10-5-4-6-11-25/h7-9,12,15-16,20,25-26,28,32H,4-6,10-11,13-14,17-19,21-23H2,1-3H3,(H,35,37)(H,38,39)/t26-,28+,32-/m0/s1. The van der Waals surface area contributed by atoms with Crippen LogP contribution in [0.1, 0.15) is 79.3 Å². The van der Waals surface area contributed by atoms with Crippen LogP contribution in [-0.4, -0.2) is 74.7 Å². The van der Waals surface area contributed by atoms with Crippen LogP contribution in [-0.2, 0) is 25.9 Å². The predicted octanol–water partition coefficient (Wildman–Crippen LogP) is 5.48. The van der Waals surface area contributed by atoms with Crippen molar-refractivity contribution in [2.24, 2.45) is 11.8 Å². The number of methoxy groups -OCH3 is 1. The molecule has 1 aliphatic carbocycles. The van der Waals surface area contributed by atoms with Crippen molar-refractivity contribution >= 4 is 21.7 Å². The van der Waals surface area contributed by atoms with Gasteiger partial charge in [-0.1, -0.05) is 68.9 Å². The van der Waals surface area contributed by atoms with E-state index in [4.69, 9.17) is 4.74 Å². The molecule has 1 amide bonds. The molecule has 0 unspecified atom stereocenters. The molecule has 0 spiro atoms. The van der Waals surface area contributed by atoms with E-state index in [1.165, 1.54) is 44.9 Å². The Kier molecular flexibility index (Phi) is 11.8. The predicted molar refractivity (Wildman–Crippen MR) is 170 cm³/mol. The van der Waals surface area contributed by atoms with Gasteiger partial charge in [-0.2, -0.15) is 0 Å². The molecule has 1 heterocycles. The molecule has 1 saturated heterocycles. The van der Waals surface area contributed by atoms with Crippen molar-refractivity contribution in [3.05, 3.63) is 59.2 Å². The first-order chi connectivity index (χ1) is 20.5. The molecule has 236 valence electrons. The van der Waals surface area contributed by atoms with Crippen LogP contribution in [0.15, 0.2) is 42.5 Å². The third kappa shape index (κ3) is 9.62. The van der Waals surface area contributed by atoms with E-state index in [-0.39, 0.29) is 12.2 Å². The van der Waals surface area contributed by atoms with Gasteiger partial charge in [0, 0.05) is 38.1 Å². The Morgan fingerprint density at radius 2 is 1.77 bits per heavy atom. The average Bonchev–Trinajstić information content (AvgIpc) is 3.35. The first kappa shape index (κ1) is 33.1. The first-order valence-electron chi connectivity index (χ1n) is 15.7. The normalized spacial score (nSPS) is 20.6. The number of likely N-dealkylation sites (tertiary alicyclic amines) is 1. The van der Waals surface area contributed by atoms with Crippen molar-refractivity contribution in [1.82, 2.24) is 10.2 Å². The van der Waals surface area contributed by atoms with E-state index in [0.717, 1.165) is 53.9 Å². The van der Waals surface area contributed by atoms with Gasteiger partial charge in [0.25, 0.3) is 5.91 Å². The van der Waals surface area contributed by atoms with Crippen LogP contribution < -0.4 is 5.32 Å². The number of carboxylic acid groups (broad SMARTS) is 1. The summed E-state index contributed by atoms with van der Waals surface area (Å²) in [5, 5.41) is 12.2. The van der Waals surface area contributed by atoms with Crippen LogP contribution in [0.4, 0.5) is 0 Å². The molecule has 0 radical (unpaired) electrons. The molecule has 8 nitrogen and oxygen atoms in total. The Balaban J connectivity index is 1.54. The molecule has 3 atom stereocenters. The van der Waals surface area contributed by atoms with Gasteiger partial charge in [-0.15, -0.1) is 0 Å². The summed E-state index contributed by atoms with van der Waals surface area (Å²) in [7, 11) is -1.62. The number of carbonyl (C=O) groups is 2. The van der Waals surface area contributed by atoms with Crippen LogP contribution in [0.3, 0.4) is 0 Å². The number of nitrogens with one attached hydrogen (secondary N) is 1. The minimum atomic E-state index is -3.38. The highest BCUT2D eigenvalue weighted by atomic mass is 32.2. The van der Waals surface area contributed by atoms with Gasteiger partial charge in [0.1, 0.15) is 15.9 Å². The number of aliphatic carboxylic acids is 1. The summed E-state index contributed by atoms with van der Waals surface area (Å²) < 4.78 is 28.9. The summed E-state index contributed by atoms with van der Waals surface area (Å²) in [5.41, 5.74) is 4.08. The third-order valence-corrected chi connectivity index (χ3v) is 10.2. The first-order valence-corrected chi connectivity index (χ1v) is 17.7. The van der Waals surface area contributed by atoms with Crippen molar-refractivity contribution in [3.63, 3.8) is 0 Å². The molecule has 9 heteroatoms. The van der Waals surface area contributed by atoms with Crippen LogP contribution in [0.25, 0.3) is 11.1 Å². The van der Waals surface area contributed by atoms with Crippen molar-refractivity contribution in [1.29, 1.82) is 0 Å². The van der Waals surface area contributed by atoms with Gasteiger partial charge < -0.3 is 15.2 Å². The molecule has 1 saturated carbocycles. The summed E-state index contributed by atoms with van der Waals surface area (Å²) in [4.78, 5) is 27.8. The van der Waals surface area contributed by atoms with Gasteiger partial charge in [0.05, 0.1) is 12.4 Å². The van der Waals surface area contributed by atoms with Crippen molar-refractivity contribution in [2.45, 2.75) is 83.3 Å². The van der Waals surface area contributed by atoms with Crippen LogP contribution in [0.5, 0.6) is 0 Å². The third-order valence-electron chi connectivity index (χ3n) is 9.21. The Hall–Kier alpha value is -2.75. The zero-order chi connectivity index (χ0) is 31.0. The fourth-order valence-electron chi connectivity index (χ4n) is 6.85. The molecule has 1 aliphatic heterocycles. The Labute approximate surface area is 257 Å². The lowest BCUT2D eigenvalue weighted by atomic mass is 9.84. The van der Waals surface area contributed by atoms with E-state index >= 15 is 0 Å². The fraction of sp³-hybridized carbons (Fsp3) is 0.588. The Bertz CT molecular complexity index is 1350. The average molecular weight is 613 g/mol. The van der Waals surface area contributed by atoms with Gasteiger partial charge in [0.2, 0.25) is 0 Å². The number of hydrogen-bond acceptors (Lipinski definition) is 6. The van der Waals surface area contributed by atoms with Crippen LogP contribution in [0.2, 0.25) is 0 Å². The number of carbonyl (C=O) groups excluding carboxylic acids is 1. The molecule has 43 heavy (non-hydrogen) atoms. The molecule has 0 aromatic heterocycles. The second-order valence-electron chi connectivity index (χ2n) is 12.7. The Morgan fingerprint density at radius 1 is 1.05 bits per heavy atom. The number of rotatable bonds is 14. The number of hydrogen-bond donors (Lipinski definition) is 2. The quantitative estimate of drug-likeness (QED) is 0.291. The van der Waals surface area contributed by atoms with E-state index in [0.29, 0.717) is 24.1 Å². The molecule has 0 bridgehead atoms. The smallest absolute Gasteiger partial charge is 0.326 e. The van der Waals surface area contributed by atoms with E-state index in [9.17, 15) is 23.1 Å². The van der Waals surface area contributed by atoms with Gasteiger partial charge in [-0.3, -0.25) is 9.69 Å². The molecule has 2 aliphatic rings. The summed E-state index contributed by atoms with van der Waals surface area (Å²) in [5.74, 6) is -0.586. The van der Waals surface area contributed by atoms with Crippen molar-refractivity contribution < 1.29 is 27.9 Å². The van der Waals surface area contributed by atoms with Gasteiger partial charge >= 0.3 is 5.97 Å². The summed E-state index contributed by atoms with van der Waals surface area (Å²) in [6.07, 6.45) is 11.5. The molecule has 2 N–H and O–H groups in total. The molecular formula is C34H48N2O6S. The maximum atomic E-state index is 13.5. The highest BCUT2D eigenvalue weighted by Gasteiger charge is 2.33. The molecule has 2 fully saturated rings. The van der Waals surface area contributed by atoms with E-state index in [2.05, 4.69) is 10.2 Å². The number of amides is 1. The molecule has 4 rings (SSSR count). The summed E-state index contributed by atoms with van der Waals surface area (Å²) in [6, 6.07) is 12.6. The number of carboxylic acids is 1. The maximum absolute atomic E-state index is 13.5. The Morgan fingerprint density at radius 3 is 2.44 bits per heavy atom. The highest BCUT2D eigenvalue weighted by Crippen LogP contribution is 2.35. The summed E-state index contributed by atoms with van der Waals surface area (Å²) in [6.45, 7) is 4.45. The zero-order valence-corrected chi connectivity index (χ0v) is 26.7. The number of benzene rings is 2. The SMILES string of the molecule is COC[C@H]1C[C@H](CCC2CCCCC2)CN1Cc1ccc(C(=O)N[C@@H](CCS(C)(=O)=O)C(=O)O)c(-c2ccccc2C)c1. The minimum Gasteiger partial charge on any atom is -0.480 e. The summed E-state index contributed by atoms with van der Waals surface area (Å²) >= 11 is 0. The largest absolute Gasteiger partial charge is 0.480 e. The van der Waals surface area contributed by atoms with E-state index in [1.807, 2.05) is 43.3 Å². The highest BCUT2D eigenvalue weighted by molar-refractivity contribution is 7.90. The number of ether oxygens (including phenoxy) is 1. The van der Waals surface area contributed by atoms with Crippen molar-refractivity contribution in [2.75, 3.05) is 32.3 Å². The van der Waals surface area contributed by atoms with Crippen LogP contribution >= 0.6 is 0 Å². The van der Waals surface area contributed by atoms with E-state index in [1.54, 1.807) is 13.2 Å². The van der Waals surface area contributed by atoms with E-state index < -0.39 is 27.8 Å². The second-order valence-corrected chi connectivity index (χ2v) is 15.0. The van der Waals surface area contributed by atoms with Crippen molar-refractivity contribution in [3.8, 4) is 11.1 Å². The van der Waals surface area contributed by atoms with Gasteiger partial charge in [-0.25, -0.2) is 13.2 Å². The minimum absolute atomic E-state index is 0.199. The number of sulfone groups is 1. The molecule has 2 aromatic rings. The topological polar surface area (TPSA) is 113 Å². The molecular weight excluding hydrogens is 564 g/mol. The number of aryl methyl sites for hydroxylation is 1.